The molecule has 1 aromatic rings. The van der Waals surface area contributed by atoms with Gasteiger partial charge in [0.15, 0.2) is 0 Å². The summed E-state index contributed by atoms with van der Waals surface area (Å²) < 4.78 is 28.5. The number of benzene rings is 1. The molecule has 0 spiro atoms. The Balaban J connectivity index is 1.90. The van der Waals surface area contributed by atoms with Gasteiger partial charge in [0.2, 0.25) is 10.0 Å². The molecule has 1 aromatic carbocycles. The van der Waals surface area contributed by atoms with E-state index in [-0.39, 0.29) is 33.2 Å². The van der Waals surface area contributed by atoms with Crippen LogP contribution in [0.5, 0.6) is 0 Å². The third-order valence-corrected chi connectivity index (χ3v) is 7.45. The van der Waals surface area contributed by atoms with Crippen LogP contribution in [-0.4, -0.2) is 36.8 Å². The third-order valence-electron chi connectivity index (χ3n) is 5.56. The molecule has 3 rings (SSSR count). The number of fused-ring (bicyclic) bond motifs is 2. The maximum atomic E-state index is 13.4. The van der Waals surface area contributed by atoms with Crippen molar-refractivity contribution in [1.29, 1.82) is 0 Å². The van der Waals surface area contributed by atoms with Crippen LogP contribution in [0.1, 0.15) is 71.2 Å². The molecule has 5 nitrogen and oxygen atoms in total. The van der Waals surface area contributed by atoms with E-state index in [1.54, 1.807) is 22.5 Å². The summed E-state index contributed by atoms with van der Waals surface area (Å²) in [6.07, 6.45) is 2.84. The number of nitrogens with zero attached hydrogens (tertiary/aromatic N) is 1. The topological polar surface area (TPSA) is 66.5 Å². The van der Waals surface area contributed by atoms with E-state index in [2.05, 4.69) is 26.1 Å². The zero-order chi connectivity index (χ0) is 20.3. The monoisotopic (exact) mass is 392 g/mol. The first-order valence-electron chi connectivity index (χ1n) is 9.65. The normalized spacial score (nSPS) is 28.1. The van der Waals surface area contributed by atoms with Gasteiger partial charge in [0.25, 0.3) is 5.91 Å². The summed E-state index contributed by atoms with van der Waals surface area (Å²) in [6.45, 7) is 12.9. The Kier molecular flexibility index (Phi) is 4.75. The van der Waals surface area contributed by atoms with Crippen molar-refractivity contribution in [2.45, 2.75) is 77.3 Å². The molecule has 0 radical (unpaired) electrons. The van der Waals surface area contributed by atoms with Crippen LogP contribution in [0.2, 0.25) is 0 Å². The average Bonchev–Trinajstić information content (AvgIpc) is 2.75. The Morgan fingerprint density at radius 1 is 1.19 bits per heavy atom. The molecule has 0 unspecified atom stereocenters. The van der Waals surface area contributed by atoms with Crippen molar-refractivity contribution in [1.82, 2.24) is 9.62 Å². The second-order valence-electron chi connectivity index (χ2n) is 10.5. The summed E-state index contributed by atoms with van der Waals surface area (Å²) in [6, 6.07) is 6.45. The second-order valence-corrected chi connectivity index (χ2v) is 12.4. The van der Waals surface area contributed by atoms with Crippen molar-refractivity contribution in [2.24, 2.45) is 10.8 Å². The van der Waals surface area contributed by atoms with Gasteiger partial charge in [-0.1, -0.05) is 26.8 Å². The Hall–Kier alpha value is -1.40. The van der Waals surface area contributed by atoms with Crippen molar-refractivity contribution >= 4 is 15.9 Å². The zero-order valence-corrected chi connectivity index (χ0v) is 18.1. The number of amides is 1. The Morgan fingerprint density at radius 3 is 2.48 bits per heavy atom. The van der Waals surface area contributed by atoms with Crippen molar-refractivity contribution in [3.8, 4) is 0 Å². The van der Waals surface area contributed by atoms with E-state index in [1.807, 2.05) is 20.8 Å². The third kappa shape index (κ3) is 4.21. The van der Waals surface area contributed by atoms with Crippen molar-refractivity contribution in [3.05, 3.63) is 29.8 Å². The van der Waals surface area contributed by atoms with Crippen LogP contribution in [0.3, 0.4) is 0 Å². The van der Waals surface area contributed by atoms with E-state index >= 15 is 0 Å². The molecule has 2 bridgehead atoms. The van der Waals surface area contributed by atoms with Crippen LogP contribution < -0.4 is 5.32 Å². The number of hydrogen-bond donors (Lipinski definition) is 1. The smallest absolute Gasteiger partial charge is 0.251 e. The molecule has 1 aliphatic heterocycles. The van der Waals surface area contributed by atoms with Crippen LogP contribution >= 0.6 is 0 Å². The fourth-order valence-electron chi connectivity index (χ4n) is 5.04. The minimum atomic E-state index is -3.63. The lowest BCUT2D eigenvalue weighted by Crippen LogP contribution is -2.40. The molecule has 1 saturated carbocycles. The van der Waals surface area contributed by atoms with Gasteiger partial charge in [-0.05, 0) is 69.1 Å². The maximum Gasteiger partial charge on any atom is 0.251 e. The molecule has 1 saturated heterocycles. The molecule has 1 N–H and O–H groups in total. The fourth-order valence-corrected chi connectivity index (χ4v) is 6.86. The first kappa shape index (κ1) is 20.3. The van der Waals surface area contributed by atoms with Gasteiger partial charge in [0, 0.05) is 23.7 Å². The molecule has 150 valence electrons. The van der Waals surface area contributed by atoms with E-state index in [4.69, 9.17) is 0 Å². The van der Waals surface area contributed by atoms with Crippen LogP contribution in [0.4, 0.5) is 0 Å². The number of sulfonamides is 1. The minimum absolute atomic E-state index is 0.0285. The van der Waals surface area contributed by atoms with Gasteiger partial charge < -0.3 is 5.32 Å². The number of nitrogens with one attached hydrogen (secondary N) is 1. The van der Waals surface area contributed by atoms with E-state index in [0.717, 1.165) is 19.3 Å². The standard InChI is InChI=1S/C21H32N2O3S/c1-19(2,3)22-18(24)15-8-7-9-17(10-15)27(25,26)23-14-21(6)12-16(23)11-20(4,5)13-21/h7-10,16H,11-14H2,1-6H3,(H,22,24)/t16-,21-/m1/s1. The van der Waals surface area contributed by atoms with Crippen molar-refractivity contribution in [2.75, 3.05) is 6.54 Å². The van der Waals surface area contributed by atoms with Gasteiger partial charge >= 0.3 is 0 Å². The lowest BCUT2D eigenvalue weighted by atomic mass is 9.65. The molecule has 1 aliphatic carbocycles. The Morgan fingerprint density at radius 2 is 1.85 bits per heavy atom. The predicted octanol–water partition coefficient (Wildman–Crippen LogP) is 3.80. The molecule has 2 aliphatic rings. The van der Waals surface area contributed by atoms with Crippen molar-refractivity contribution in [3.63, 3.8) is 0 Å². The highest BCUT2D eigenvalue weighted by molar-refractivity contribution is 7.89. The van der Waals surface area contributed by atoms with E-state index in [1.165, 1.54) is 6.07 Å². The molecular weight excluding hydrogens is 360 g/mol. The molecule has 2 fully saturated rings. The fraction of sp³-hybridized carbons (Fsp3) is 0.667. The van der Waals surface area contributed by atoms with Gasteiger partial charge in [0.05, 0.1) is 4.90 Å². The molecule has 0 aromatic heterocycles. The lowest BCUT2D eigenvalue weighted by molar-refractivity contribution is 0.0919. The SMILES string of the molecule is CC1(C)C[C@@H]2C[C@@](C)(CN2S(=O)(=O)c2cccc(C(=O)NC(C)(C)C)c2)C1. The summed E-state index contributed by atoms with van der Waals surface area (Å²) in [4.78, 5) is 12.7. The van der Waals surface area contributed by atoms with Crippen LogP contribution in [0, 0.1) is 10.8 Å². The van der Waals surface area contributed by atoms with Crippen LogP contribution in [0.15, 0.2) is 29.2 Å². The molecule has 27 heavy (non-hydrogen) atoms. The van der Waals surface area contributed by atoms with Crippen LogP contribution in [0.25, 0.3) is 0 Å². The predicted molar refractivity (Wildman–Crippen MR) is 107 cm³/mol. The molecular formula is C21H32N2O3S. The van der Waals surface area contributed by atoms with Gasteiger partial charge in [-0.3, -0.25) is 4.79 Å². The van der Waals surface area contributed by atoms with Gasteiger partial charge in [-0.15, -0.1) is 0 Å². The summed E-state index contributed by atoms with van der Waals surface area (Å²) in [5, 5.41) is 2.89. The maximum absolute atomic E-state index is 13.4. The summed E-state index contributed by atoms with van der Waals surface area (Å²) in [5.41, 5.74) is 0.176. The molecule has 1 heterocycles. The first-order valence-corrected chi connectivity index (χ1v) is 11.1. The number of carbonyl (C=O) groups is 1. The van der Waals surface area contributed by atoms with E-state index in [0.29, 0.717) is 12.1 Å². The summed E-state index contributed by atoms with van der Waals surface area (Å²) >= 11 is 0. The highest BCUT2D eigenvalue weighted by atomic mass is 32.2. The quantitative estimate of drug-likeness (QED) is 0.851. The molecule has 1 amide bonds. The summed E-state index contributed by atoms with van der Waals surface area (Å²) in [7, 11) is -3.63. The molecule has 6 heteroatoms. The lowest BCUT2D eigenvalue weighted by Gasteiger charge is -2.39. The number of carbonyl (C=O) groups excluding carboxylic acids is 1. The van der Waals surface area contributed by atoms with Crippen LogP contribution in [-0.2, 0) is 10.0 Å². The second kappa shape index (κ2) is 6.31. The number of rotatable bonds is 3. The number of hydrogen-bond acceptors (Lipinski definition) is 3. The minimum Gasteiger partial charge on any atom is -0.347 e. The van der Waals surface area contributed by atoms with Gasteiger partial charge in [0.1, 0.15) is 0 Å². The van der Waals surface area contributed by atoms with E-state index in [9.17, 15) is 13.2 Å². The highest BCUT2D eigenvalue weighted by Crippen LogP contribution is 2.53. The highest BCUT2D eigenvalue weighted by Gasteiger charge is 2.53. The largest absolute Gasteiger partial charge is 0.347 e. The Labute approximate surface area is 163 Å². The summed E-state index contributed by atoms with van der Waals surface area (Å²) in [5.74, 6) is -0.257. The first-order chi connectivity index (χ1) is 12.2. The van der Waals surface area contributed by atoms with Gasteiger partial charge in [-0.25, -0.2) is 8.42 Å². The van der Waals surface area contributed by atoms with E-state index < -0.39 is 10.0 Å². The van der Waals surface area contributed by atoms with Crippen molar-refractivity contribution < 1.29 is 13.2 Å². The van der Waals surface area contributed by atoms with Gasteiger partial charge in [-0.2, -0.15) is 4.31 Å². The average molecular weight is 393 g/mol. The Bertz CT molecular complexity index is 854. The molecule has 2 atom stereocenters. The zero-order valence-electron chi connectivity index (χ0n) is 17.3.